The van der Waals surface area contributed by atoms with Crippen LogP contribution in [0.5, 0.6) is 5.95 Å². The molecule has 2 aromatic heterocycles. The van der Waals surface area contributed by atoms with Gasteiger partial charge in [-0.3, -0.25) is 9.59 Å². The SMILES string of the molecule is COc1ccc(C(=O)N2C[C@H]3C[C@@H]2[C@H](NC(=O)c2ccc(N(C)C)cn2)C3)o1. The maximum absolute atomic E-state index is 12.8. The van der Waals surface area contributed by atoms with Gasteiger partial charge in [0.1, 0.15) is 5.69 Å². The molecule has 2 aliphatic rings. The fourth-order valence-electron chi connectivity index (χ4n) is 4.13. The van der Waals surface area contributed by atoms with Gasteiger partial charge in [-0.2, -0.15) is 0 Å². The fraction of sp³-hybridized carbons (Fsp3) is 0.450. The van der Waals surface area contributed by atoms with E-state index in [0.29, 0.717) is 24.1 Å². The number of aromatic nitrogens is 1. The summed E-state index contributed by atoms with van der Waals surface area (Å²) in [5, 5.41) is 3.06. The van der Waals surface area contributed by atoms with Crippen molar-refractivity contribution < 1.29 is 18.7 Å². The van der Waals surface area contributed by atoms with Gasteiger partial charge in [-0.15, -0.1) is 0 Å². The van der Waals surface area contributed by atoms with Gasteiger partial charge < -0.3 is 24.3 Å². The highest BCUT2D eigenvalue weighted by Crippen LogP contribution is 2.39. The van der Waals surface area contributed by atoms with Crippen LogP contribution in [0.1, 0.15) is 33.9 Å². The number of nitrogens with zero attached hydrogens (tertiary/aromatic N) is 3. The van der Waals surface area contributed by atoms with Crippen LogP contribution in [0.4, 0.5) is 5.69 Å². The number of amides is 2. The first-order valence-electron chi connectivity index (χ1n) is 9.35. The molecule has 0 aromatic carbocycles. The van der Waals surface area contributed by atoms with E-state index in [1.54, 1.807) is 29.3 Å². The van der Waals surface area contributed by atoms with Gasteiger partial charge in [0.05, 0.1) is 25.0 Å². The summed E-state index contributed by atoms with van der Waals surface area (Å²) in [6.45, 7) is 0.689. The second-order valence-electron chi connectivity index (χ2n) is 7.56. The Kier molecular flexibility index (Phi) is 4.70. The number of nitrogens with one attached hydrogen (secondary N) is 1. The number of likely N-dealkylation sites (tertiary alicyclic amines) is 1. The van der Waals surface area contributed by atoms with Gasteiger partial charge in [-0.25, -0.2) is 4.98 Å². The number of hydrogen-bond acceptors (Lipinski definition) is 6. The lowest BCUT2D eigenvalue weighted by molar-refractivity contribution is 0.0613. The molecule has 1 aliphatic heterocycles. The molecule has 0 radical (unpaired) electrons. The minimum absolute atomic E-state index is 0.0291. The van der Waals surface area contributed by atoms with E-state index in [4.69, 9.17) is 9.15 Å². The lowest BCUT2D eigenvalue weighted by Crippen LogP contribution is -2.52. The Labute approximate surface area is 163 Å². The number of carbonyl (C=O) groups is 2. The molecule has 8 heteroatoms. The van der Waals surface area contributed by atoms with E-state index in [1.165, 1.54) is 7.11 Å². The fourth-order valence-corrected chi connectivity index (χ4v) is 4.13. The predicted molar refractivity (Wildman–Crippen MR) is 103 cm³/mol. The van der Waals surface area contributed by atoms with Crippen molar-refractivity contribution in [3.63, 3.8) is 0 Å². The molecule has 2 amide bonds. The van der Waals surface area contributed by atoms with Crippen molar-refractivity contribution in [3.8, 4) is 5.95 Å². The number of anilines is 1. The molecule has 0 spiro atoms. The minimum atomic E-state index is -0.213. The number of furan rings is 1. The van der Waals surface area contributed by atoms with Gasteiger partial charge in [0.25, 0.3) is 17.8 Å². The van der Waals surface area contributed by atoms with Crippen LogP contribution in [0, 0.1) is 5.92 Å². The van der Waals surface area contributed by atoms with Gasteiger partial charge in [-0.1, -0.05) is 0 Å². The normalized spacial score (nSPS) is 23.0. The van der Waals surface area contributed by atoms with Crippen molar-refractivity contribution in [2.75, 3.05) is 32.6 Å². The minimum Gasteiger partial charge on any atom is -0.468 e. The molecule has 4 rings (SSSR count). The van der Waals surface area contributed by atoms with Crippen LogP contribution in [-0.4, -0.2) is 61.5 Å². The van der Waals surface area contributed by atoms with Crippen LogP contribution < -0.4 is 15.0 Å². The standard InChI is InChI=1S/C20H24N4O4/c1-23(2)13-4-5-14(21-10-13)19(25)22-15-8-12-9-16(15)24(11-12)20(26)17-6-7-18(27-3)28-17/h4-7,10,12,15-16H,8-9,11H2,1-3H3,(H,22,25)/t12-,15-,16-/m1/s1. The number of methoxy groups -OCH3 is 1. The summed E-state index contributed by atoms with van der Waals surface area (Å²) in [6, 6.07) is 6.72. The van der Waals surface area contributed by atoms with Gasteiger partial charge in [0.2, 0.25) is 0 Å². The molecule has 2 fully saturated rings. The average molecular weight is 384 g/mol. The van der Waals surface area contributed by atoms with E-state index in [-0.39, 0.29) is 29.7 Å². The van der Waals surface area contributed by atoms with Gasteiger partial charge in [0, 0.05) is 32.7 Å². The second kappa shape index (κ2) is 7.18. The Morgan fingerprint density at radius 2 is 2.07 bits per heavy atom. The molecule has 1 aliphatic carbocycles. The number of pyridine rings is 1. The number of fused-ring (bicyclic) bond motifs is 2. The van der Waals surface area contributed by atoms with Gasteiger partial charge in [0.15, 0.2) is 5.76 Å². The van der Waals surface area contributed by atoms with Crippen molar-refractivity contribution in [1.82, 2.24) is 15.2 Å². The van der Waals surface area contributed by atoms with Crippen molar-refractivity contribution in [2.24, 2.45) is 5.92 Å². The topological polar surface area (TPSA) is 87.9 Å². The summed E-state index contributed by atoms with van der Waals surface area (Å²) in [5.41, 5.74) is 1.31. The number of ether oxygens (including phenoxy) is 1. The van der Waals surface area contributed by atoms with Crippen LogP contribution >= 0.6 is 0 Å². The third-order valence-corrected chi connectivity index (χ3v) is 5.55. The summed E-state index contributed by atoms with van der Waals surface area (Å²) in [4.78, 5) is 33.4. The number of carbonyl (C=O) groups excluding carboxylic acids is 2. The molecule has 1 saturated carbocycles. The van der Waals surface area contributed by atoms with Crippen LogP contribution in [0.25, 0.3) is 0 Å². The Balaban J connectivity index is 1.43. The average Bonchev–Trinajstić information content (AvgIpc) is 3.42. The zero-order chi connectivity index (χ0) is 19.8. The molecular formula is C20H24N4O4. The molecule has 8 nitrogen and oxygen atoms in total. The Bertz CT molecular complexity index is 877. The van der Waals surface area contributed by atoms with E-state index in [9.17, 15) is 9.59 Å². The van der Waals surface area contributed by atoms with Crippen molar-refractivity contribution in [2.45, 2.75) is 24.9 Å². The van der Waals surface area contributed by atoms with E-state index in [1.807, 2.05) is 25.1 Å². The van der Waals surface area contributed by atoms with Crippen molar-refractivity contribution >= 4 is 17.5 Å². The van der Waals surface area contributed by atoms with E-state index >= 15 is 0 Å². The first-order valence-corrected chi connectivity index (χ1v) is 9.35. The predicted octanol–water partition coefficient (Wildman–Crippen LogP) is 1.78. The maximum atomic E-state index is 12.8. The second-order valence-corrected chi connectivity index (χ2v) is 7.56. The number of rotatable bonds is 5. The maximum Gasteiger partial charge on any atom is 0.290 e. The van der Waals surface area contributed by atoms with Crippen LogP contribution in [0.15, 0.2) is 34.9 Å². The van der Waals surface area contributed by atoms with Crippen molar-refractivity contribution in [3.05, 3.63) is 41.9 Å². The lowest BCUT2D eigenvalue weighted by atomic mass is 10.0. The molecule has 28 heavy (non-hydrogen) atoms. The molecule has 0 unspecified atom stereocenters. The molecule has 3 heterocycles. The summed E-state index contributed by atoms with van der Waals surface area (Å²) in [5.74, 6) is 0.582. The molecule has 1 saturated heterocycles. The highest BCUT2D eigenvalue weighted by atomic mass is 16.6. The van der Waals surface area contributed by atoms with Gasteiger partial charge in [-0.05, 0) is 37.0 Å². The quantitative estimate of drug-likeness (QED) is 0.846. The van der Waals surface area contributed by atoms with Crippen molar-refractivity contribution in [1.29, 1.82) is 0 Å². The summed E-state index contributed by atoms with van der Waals surface area (Å²) in [7, 11) is 5.34. The largest absolute Gasteiger partial charge is 0.468 e. The first-order chi connectivity index (χ1) is 13.5. The number of hydrogen-bond donors (Lipinski definition) is 1. The number of piperidine rings is 1. The third kappa shape index (κ3) is 3.30. The molecule has 148 valence electrons. The Morgan fingerprint density at radius 1 is 1.25 bits per heavy atom. The van der Waals surface area contributed by atoms with E-state index in [2.05, 4.69) is 10.3 Å². The third-order valence-electron chi connectivity index (χ3n) is 5.55. The van der Waals surface area contributed by atoms with Gasteiger partial charge >= 0.3 is 0 Å². The molecule has 1 N–H and O–H groups in total. The highest BCUT2D eigenvalue weighted by molar-refractivity contribution is 5.94. The summed E-state index contributed by atoms with van der Waals surface area (Å²) >= 11 is 0. The summed E-state index contributed by atoms with van der Waals surface area (Å²) < 4.78 is 10.4. The Hall–Kier alpha value is -3.03. The van der Waals surface area contributed by atoms with Crippen LogP contribution in [0.3, 0.4) is 0 Å². The smallest absolute Gasteiger partial charge is 0.290 e. The Morgan fingerprint density at radius 3 is 2.68 bits per heavy atom. The molecule has 2 aromatic rings. The van der Waals surface area contributed by atoms with Crippen LogP contribution in [-0.2, 0) is 0 Å². The molecule has 2 bridgehead atoms. The highest BCUT2D eigenvalue weighted by Gasteiger charge is 2.48. The summed E-state index contributed by atoms with van der Waals surface area (Å²) in [6.07, 6.45) is 3.44. The van der Waals surface area contributed by atoms with E-state index in [0.717, 1.165) is 18.5 Å². The van der Waals surface area contributed by atoms with Crippen LogP contribution in [0.2, 0.25) is 0 Å². The zero-order valence-corrected chi connectivity index (χ0v) is 16.2. The lowest BCUT2D eigenvalue weighted by Gasteiger charge is -2.33. The molecule has 3 atom stereocenters. The van der Waals surface area contributed by atoms with E-state index < -0.39 is 0 Å². The monoisotopic (exact) mass is 384 g/mol. The molecular weight excluding hydrogens is 360 g/mol. The zero-order valence-electron chi connectivity index (χ0n) is 16.2. The first kappa shape index (κ1) is 18.3.